The monoisotopic (exact) mass is 515 g/mol. The van der Waals surface area contributed by atoms with Crippen molar-refractivity contribution in [1.29, 1.82) is 0 Å². The maximum atomic E-state index is 13.1. The predicted octanol–water partition coefficient (Wildman–Crippen LogP) is 5.70. The molecule has 1 amide bonds. The van der Waals surface area contributed by atoms with Crippen molar-refractivity contribution < 1.29 is 14.3 Å². The molecule has 2 heterocycles. The number of thiophene rings is 1. The van der Waals surface area contributed by atoms with E-state index in [9.17, 15) is 9.59 Å². The van der Waals surface area contributed by atoms with E-state index in [0.717, 1.165) is 41.3 Å². The molecule has 1 N–H and O–H groups in total. The van der Waals surface area contributed by atoms with Gasteiger partial charge in [-0.3, -0.25) is 9.48 Å². The van der Waals surface area contributed by atoms with Gasteiger partial charge in [-0.05, 0) is 70.8 Å². The molecule has 1 aliphatic rings. The van der Waals surface area contributed by atoms with Crippen LogP contribution in [0.5, 0.6) is 0 Å². The smallest absolute Gasteiger partial charge is 0.341 e. The minimum atomic E-state index is -0.341. The minimum Gasteiger partial charge on any atom is -0.462 e. The van der Waals surface area contributed by atoms with Crippen molar-refractivity contribution in [3.8, 4) is 0 Å². The van der Waals surface area contributed by atoms with E-state index >= 15 is 0 Å². The topological polar surface area (TPSA) is 73.2 Å². The van der Waals surface area contributed by atoms with Crippen molar-refractivity contribution >= 4 is 44.1 Å². The zero-order valence-electron chi connectivity index (χ0n) is 18.2. The van der Waals surface area contributed by atoms with Gasteiger partial charge in [-0.2, -0.15) is 5.10 Å². The summed E-state index contributed by atoms with van der Waals surface area (Å²) >= 11 is 4.91. The molecule has 1 unspecified atom stereocenters. The number of ether oxygens (including phenoxy) is 1. The van der Waals surface area contributed by atoms with E-state index in [4.69, 9.17) is 4.74 Å². The zero-order valence-corrected chi connectivity index (χ0v) is 20.6. The number of anilines is 1. The van der Waals surface area contributed by atoms with Gasteiger partial charge in [0.1, 0.15) is 5.00 Å². The lowest BCUT2D eigenvalue weighted by atomic mass is 9.88. The Balaban J connectivity index is 1.57. The lowest BCUT2D eigenvalue weighted by Gasteiger charge is -2.18. The number of fused-ring (bicyclic) bond motifs is 1. The van der Waals surface area contributed by atoms with Gasteiger partial charge in [-0.1, -0.05) is 26.0 Å². The van der Waals surface area contributed by atoms with Crippen molar-refractivity contribution in [1.82, 2.24) is 9.78 Å². The van der Waals surface area contributed by atoms with Gasteiger partial charge in [0.05, 0.1) is 29.4 Å². The van der Waals surface area contributed by atoms with E-state index in [0.29, 0.717) is 35.2 Å². The Morgan fingerprint density at radius 3 is 2.97 bits per heavy atom. The molecule has 1 atom stereocenters. The van der Waals surface area contributed by atoms with E-state index < -0.39 is 0 Å². The van der Waals surface area contributed by atoms with E-state index in [2.05, 4.69) is 33.3 Å². The van der Waals surface area contributed by atoms with Crippen LogP contribution in [-0.2, 0) is 24.1 Å². The molecule has 3 aromatic rings. The van der Waals surface area contributed by atoms with Gasteiger partial charge in [-0.25, -0.2) is 4.79 Å². The highest BCUT2D eigenvalue weighted by Crippen LogP contribution is 2.40. The predicted molar refractivity (Wildman–Crippen MR) is 130 cm³/mol. The lowest BCUT2D eigenvalue weighted by molar-refractivity contribution is 0.0505. The number of aromatic nitrogens is 2. The zero-order chi connectivity index (χ0) is 22.7. The van der Waals surface area contributed by atoms with Gasteiger partial charge >= 0.3 is 5.97 Å². The number of carbonyl (C=O) groups excluding carboxylic acids is 2. The highest BCUT2D eigenvalue weighted by Gasteiger charge is 2.29. The van der Waals surface area contributed by atoms with Crippen LogP contribution in [0.2, 0.25) is 0 Å². The summed E-state index contributed by atoms with van der Waals surface area (Å²) in [4.78, 5) is 27.1. The van der Waals surface area contributed by atoms with E-state index in [1.165, 1.54) is 16.2 Å². The van der Waals surface area contributed by atoms with Crippen LogP contribution in [0.15, 0.2) is 41.1 Å². The van der Waals surface area contributed by atoms with Crippen LogP contribution in [-0.4, -0.2) is 28.3 Å². The third-order valence-electron chi connectivity index (χ3n) is 5.52. The normalized spacial score (nSPS) is 15.3. The molecule has 0 radical (unpaired) electrons. The standard InChI is InChI=1S/C24H26BrN3O3S/c1-3-9-31-24(30)21-19-8-7-15(2)10-20(19)32-23(21)27-22(29)17-6-4-5-16(11-17)13-28-14-18(25)12-26-28/h4-6,11-12,14-15H,3,7-10,13H2,1-2H3,(H,27,29). The molecule has 1 aliphatic carbocycles. The van der Waals surface area contributed by atoms with Gasteiger partial charge < -0.3 is 10.1 Å². The Hall–Kier alpha value is -2.45. The second kappa shape index (κ2) is 10.0. The summed E-state index contributed by atoms with van der Waals surface area (Å²) in [7, 11) is 0. The largest absolute Gasteiger partial charge is 0.462 e. The molecule has 0 fully saturated rings. The lowest BCUT2D eigenvalue weighted by Crippen LogP contribution is -2.17. The third-order valence-corrected chi connectivity index (χ3v) is 7.09. The first-order valence-electron chi connectivity index (χ1n) is 10.8. The van der Waals surface area contributed by atoms with Crippen molar-refractivity contribution in [3.05, 3.63) is 68.3 Å². The Morgan fingerprint density at radius 2 is 2.22 bits per heavy atom. The molecule has 0 saturated heterocycles. The van der Waals surface area contributed by atoms with Crippen LogP contribution < -0.4 is 5.32 Å². The summed E-state index contributed by atoms with van der Waals surface area (Å²) in [6, 6.07) is 7.46. The number of esters is 1. The molecule has 1 aromatic carbocycles. The first kappa shape index (κ1) is 22.7. The third kappa shape index (κ3) is 5.13. The highest BCUT2D eigenvalue weighted by molar-refractivity contribution is 9.10. The van der Waals surface area contributed by atoms with E-state index in [-0.39, 0.29) is 11.9 Å². The average Bonchev–Trinajstić information content (AvgIpc) is 3.34. The Bertz CT molecular complexity index is 1140. The van der Waals surface area contributed by atoms with Gasteiger partial charge in [-0.15, -0.1) is 11.3 Å². The van der Waals surface area contributed by atoms with Crippen molar-refractivity contribution in [2.75, 3.05) is 11.9 Å². The average molecular weight is 516 g/mol. The first-order valence-corrected chi connectivity index (χ1v) is 12.5. The Morgan fingerprint density at radius 1 is 1.38 bits per heavy atom. The molecule has 8 heteroatoms. The maximum Gasteiger partial charge on any atom is 0.341 e. The second-order valence-electron chi connectivity index (χ2n) is 8.20. The van der Waals surface area contributed by atoms with Crippen LogP contribution in [0, 0.1) is 5.92 Å². The van der Waals surface area contributed by atoms with E-state index in [1.54, 1.807) is 16.9 Å². The molecule has 2 aromatic heterocycles. The molecule has 32 heavy (non-hydrogen) atoms. The van der Waals surface area contributed by atoms with Crippen LogP contribution in [0.1, 0.15) is 63.4 Å². The summed E-state index contributed by atoms with van der Waals surface area (Å²) in [5.74, 6) is 0.000115. The summed E-state index contributed by atoms with van der Waals surface area (Å²) in [6.45, 7) is 5.13. The van der Waals surface area contributed by atoms with Crippen LogP contribution >= 0.6 is 27.3 Å². The molecule has 4 rings (SSSR count). The molecule has 0 bridgehead atoms. The molecule has 0 saturated carbocycles. The maximum absolute atomic E-state index is 13.1. The molecular weight excluding hydrogens is 490 g/mol. The molecule has 0 spiro atoms. The van der Waals surface area contributed by atoms with Gasteiger partial charge in [0.2, 0.25) is 0 Å². The fourth-order valence-electron chi connectivity index (χ4n) is 3.92. The van der Waals surface area contributed by atoms with Crippen molar-refractivity contribution in [2.45, 2.75) is 46.1 Å². The van der Waals surface area contributed by atoms with Gasteiger partial charge in [0.25, 0.3) is 5.91 Å². The number of hydrogen-bond acceptors (Lipinski definition) is 5. The molecule has 168 valence electrons. The fourth-order valence-corrected chi connectivity index (χ4v) is 5.64. The molecular formula is C24H26BrN3O3S. The summed E-state index contributed by atoms with van der Waals surface area (Å²) in [6.07, 6.45) is 7.19. The van der Waals surface area contributed by atoms with Crippen LogP contribution in [0.25, 0.3) is 0 Å². The highest BCUT2D eigenvalue weighted by atomic mass is 79.9. The van der Waals surface area contributed by atoms with Crippen LogP contribution in [0.3, 0.4) is 0 Å². The van der Waals surface area contributed by atoms with Gasteiger partial charge in [0, 0.05) is 16.6 Å². The van der Waals surface area contributed by atoms with Gasteiger partial charge in [0.15, 0.2) is 0 Å². The Kier molecular flexibility index (Phi) is 7.10. The number of benzene rings is 1. The number of hydrogen-bond donors (Lipinski definition) is 1. The van der Waals surface area contributed by atoms with Crippen molar-refractivity contribution in [3.63, 3.8) is 0 Å². The number of nitrogens with one attached hydrogen (secondary N) is 1. The number of halogens is 1. The molecule has 0 aliphatic heterocycles. The summed E-state index contributed by atoms with van der Waals surface area (Å²) < 4.78 is 8.16. The van der Waals surface area contributed by atoms with Crippen molar-refractivity contribution in [2.24, 2.45) is 5.92 Å². The Labute approximate surface area is 200 Å². The molecule has 6 nitrogen and oxygen atoms in total. The summed E-state index contributed by atoms with van der Waals surface area (Å²) in [5.41, 5.74) is 3.09. The summed E-state index contributed by atoms with van der Waals surface area (Å²) in [5, 5.41) is 7.87. The fraction of sp³-hybridized carbons (Fsp3) is 0.375. The SMILES string of the molecule is CCCOC(=O)c1c(NC(=O)c2cccc(Cn3cc(Br)cn3)c2)sc2c1CCC(C)C2. The van der Waals surface area contributed by atoms with E-state index in [1.807, 2.05) is 31.3 Å². The second-order valence-corrected chi connectivity index (χ2v) is 10.2. The quantitative estimate of drug-likeness (QED) is 0.409. The van der Waals surface area contributed by atoms with Crippen LogP contribution in [0.4, 0.5) is 5.00 Å². The number of carbonyl (C=O) groups is 2. The number of nitrogens with zero attached hydrogens (tertiary/aromatic N) is 2. The number of amides is 1. The minimum absolute atomic E-state index is 0.232. The first-order chi connectivity index (χ1) is 15.4. The number of rotatable bonds is 7.